The van der Waals surface area contributed by atoms with Gasteiger partial charge in [-0.05, 0) is 19.8 Å². The van der Waals surface area contributed by atoms with Crippen LogP contribution in [0.3, 0.4) is 0 Å². The zero-order valence-electron chi connectivity index (χ0n) is 12.5. The third-order valence-corrected chi connectivity index (χ3v) is 4.02. The van der Waals surface area contributed by atoms with Crippen LogP contribution >= 0.6 is 0 Å². The van der Waals surface area contributed by atoms with Gasteiger partial charge in [0, 0.05) is 22.2 Å². The number of H-pyrrole nitrogens is 1. The summed E-state index contributed by atoms with van der Waals surface area (Å²) in [5.41, 5.74) is 2.75. The van der Waals surface area contributed by atoms with E-state index in [9.17, 15) is 0 Å². The normalized spacial score (nSPS) is 11.3. The Balaban J connectivity index is 1.79. The maximum Gasteiger partial charge on any atom is 0.0228 e. The first-order valence-electron chi connectivity index (χ1n) is 7.89. The zero-order chi connectivity index (χ0) is 13.5. The smallest absolute Gasteiger partial charge is 0.0228 e. The largest absolute Gasteiger partial charge is 0.361 e. The number of aryl methyl sites for hydroxylation is 2. The van der Waals surface area contributed by atoms with Gasteiger partial charge in [0.25, 0.3) is 0 Å². The van der Waals surface area contributed by atoms with Gasteiger partial charge in [0.05, 0.1) is 0 Å². The summed E-state index contributed by atoms with van der Waals surface area (Å²) in [5.74, 6) is 0. The van der Waals surface area contributed by atoms with E-state index in [1.54, 1.807) is 0 Å². The van der Waals surface area contributed by atoms with E-state index in [2.05, 4.69) is 43.1 Å². The number of benzene rings is 1. The Morgan fingerprint density at radius 2 is 1.47 bits per heavy atom. The lowest BCUT2D eigenvalue weighted by molar-refractivity contribution is 0.588. The molecule has 1 aromatic heterocycles. The summed E-state index contributed by atoms with van der Waals surface area (Å²) in [7, 11) is 0. The predicted molar refractivity (Wildman–Crippen MR) is 84.7 cm³/mol. The van der Waals surface area contributed by atoms with Crippen LogP contribution < -0.4 is 0 Å². The number of fused-ring (bicyclic) bond motifs is 1. The van der Waals surface area contributed by atoms with Crippen LogP contribution in [0.1, 0.15) is 63.3 Å². The van der Waals surface area contributed by atoms with E-state index in [0.29, 0.717) is 0 Å². The van der Waals surface area contributed by atoms with Gasteiger partial charge in [0.1, 0.15) is 0 Å². The summed E-state index contributed by atoms with van der Waals surface area (Å²) in [4.78, 5) is 3.56. The van der Waals surface area contributed by atoms with E-state index < -0.39 is 0 Å². The Morgan fingerprint density at radius 1 is 0.842 bits per heavy atom. The average Bonchev–Trinajstić information content (AvgIpc) is 2.75. The maximum atomic E-state index is 3.56. The quantitative estimate of drug-likeness (QED) is 0.578. The van der Waals surface area contributed by atoms with Crippen molar-refractivity contribution in [2.24, 2.45) is 0 Å². The molecular formula is C18H27N. The fourth-order valence-electron chi connectivity index (χ4n) is 2.89. The number of aromatic nitrogens is 1. The number of hydrogen-bond donors (Lipinski definition) is 1. The van der Waals surface area contributed by atoms with Crippen LogP contribution in [0.15, 0.2) is 24.3 Å². The Kier molecular flexibility index (Phi) is 5.50. The molecule has 0 bridgehead atoms. The molecule has 0 unspecified atom stereocenters. The van der Waals surface area contributed by atoms with E-state index in [1.807, 2.05) is 0 Å². The number of nitrogens with one attached hydrogen (secondary N) is 1. The second-order valence-electron chi connectivity index (χ2n) is 5.65. The van der Waals surface area contributed by atoms with E-state index in [-0.39, 0.29) is 0 Å². The van der Waals surface area contributed by atoms with Crippen LogP contribution in [0.25, 0.3) is 10.8 Å². The molecule has 1 aromatic carbocycles. The van der Waals surface area contributed by atoms with E-state index >= 15 is 0 Å². The topological polar surface area (TPSA) is 15.8 Å². The highest BCUT2D eigenvalue weighted by Gasteiger charge is 2.05. The molecule has 0 amide bonds. The minimum absolute atomic E-state index is 1.20. The van der Waals surface area contributed by atoms with Crippen molar-refractivity contribution >= 4 is 10.8 Å². The summed E-state index contributed by atoms with van der Waals surface area (Å²) >= 11 is 0. The zero-order valence-corrected chi connectivity index (χ0v) is 12.5. The van der Waals surface area contributed by atoms with Crippen molar-refractivity contribution in [2.75, 3.05) is 0 Å². The molecule has 0 aliphatic rings. The highest BCUT2D eigenvalue weighted by Crippen LogP contribution is 2.23. The van der Waals surface area contributed by atoms with Gasteiger partial charge in [0.15, 0.2) is 0 Å². The predicted octanol–water partition coefficient (Wildman–Crippen LogP) is 5.77. The van der Waals surface area contributed by atoms with Crippen LogP contribution in [0.5, 0.6) is 0 Å². The fourth-order valence-corrected chi connectivity index (χ4v) is 2.89. The van der Waals surface area contributed by atoms with Crippen molar-refractivity contribution in [3.63, 3.8) is 0 Å². The van der Waals surface area contributed by atoms with Gasteiger partial charge in [-0.25, -0.2) is 0 Å². The van der Waals surface area contributed by atoms with Gasteiger partial charge >= 0.3 is 0 Å². The molecule has 1 heteroatoms. The molecule has 19 heavy (non-hydrogen) atoms. The van der Waals surface area contributed by atoms with Gasteiger partial charge in [0.2, 0.25) is 0 Å². The van der Waals surface area contributed by atoms with Crippen LogP contribution in [-0.2, 0) is 6.42 Å². The SMILES string of the molecule is CCCCCCCCCc1[nH]c(C)c2ccccc12. The molecule has 0 saturated carbocycles. The van der Waals surface area contributed by atoms with Crippen LogP contribution in [-0.4, -0.2) is 4.98 Å². The van der Waals surface area contributed by atoms with Crippen molar-refractivity contribution in [2.45, 2.75) is 65.2 Å². The van der Waals surface area contributed by atoms with E-state index in [1.165, 1.54) is 73.5 Å². The van der Waals surface area contributed by atoms with Crippen LogP contribution in [0, 0.1) is 6.92 Å². The number of unbranched alkanes of at least 4 members (excludes halogenated alkanes) is 6. The highest BCUT2D eigenvalue weighted by molar-refractivity contribution is 5.87. The van der Waals surface area contributed by atoms with Crippen molar-refractivity contribution < 1.29 is 0 Å². The van der Waals surface area contributed by atoms with Crippen molar-refractivity contribution in [3.05, 3.63) is 35.7 Å². The minimum atomic E-state index is 1.20. The summed E-state index contributed by atoms with van der Waals surface area (Å²) < 4.78 is 0. The van der Waals surface area contributed by atoms with Gasteiger partial charge in [-0.15, -0.1) is 0 Å². The second-order valence-corrected chi connectivity index (χ2v) is 5.65. The Morgan fingerprint density at radius 3 is 2.21 bits per heavy atom. The number of hydrogen-bond acceptors (Lipinski definition) is 0. The van der Waals surface area contributed by atoms with Crippen molar-refractivity contribution in [3.8, 4) is 0 Å². The molecule has 0 spiro atoms. The molecule has 0 fully saturated rings. The lowest BCUT2D eigenvalue weighted by Gasteiger charge is -2.01. The first-order chi connectivity index (χ1) is 9.33. The molecule has 0 aliphatic heterocycles. The molecule has 0 radical (unpaired) electrons. The first-order valence-corrected chi connectivity index (χ1v) is 7.89. The van der Waals surface area contributed by atoms with E-state index in [4.69, 9.17) is 0 Å². The van der Waals surface area contributed by atoms with Gasteiger partial charge in [-0.3, -0.25) is 0 Å². The Bertz CT molecular complexity index is 495. The molecule has 1 N–H and O–H groups in total. The van der Waals surface area contributed by atoms with Gasteiger partial charge in [-0.2, -0.15) is 0 Å². The maximum absolute atomic E-state index is 3.56. The fraction of sp³-hybridized carbons (Fsp3) is 0.556. The summed E-state index contributed by atoms with van der Waals surface area (Å²) in [6.45, 7) is 4.45. The lowest BCUT2D eigenvalue weighted by atomic mass is 10.1. The second kappa shape index (κ2) is 7.37. The molecule has 0 atom stereocenters. The minimum Gasteiger partial charge on any atom is -0.361 e. The molecule has 104 valence electrons. The molecule has 1 nitrogen and oxygen atoms in total. The summed E-state index contributed by atoms with van der Waals surface area (Å²) in [6.07, 6.45) is 10.9. The molecule has 2 rings (SSSR count). The van der Waals surface area contributed by atoms with Crippen LogP contribution in [0.4, 0.5) is 0 Å². The lowest BCUT2D eigenvalue weighted by Crippen LogP contribution is -1.87. The number of rotatable bonds is 8. The van der Waals surface area contributed by atoms with E-state index in [0.717, 1.165) is 0 Å². The molecule has 0 aliphatic carbocycles. The molecule has 1 heterocycles. The molecule has 2 aromatic rings. The molecule has 0 saturated heterocycles. The van der Waals surface area contributed by atoms with Crippen molar-refractivity contribution in [1.29, 1.82) is 0 Å². The van der Waals surface area contributed by atoms with Gasteiger partial charge in [-0.1, -0.05) is 69.7 Å². The van der Waals surface area contributed by atoms with Crippen LogP contribution in [0.2, 0.25) is 0 Å². The monoisotopic (exact) mass is 257 g/mol. The highest BCUT2D eigenvalue weighted by atomic mass is 14.7. The number of aromatic amines is 1. The first kappa shape index (κ1) is 14.2. The third-order valence-electron chi connectivity index (χ3n) is 4.02. The Labute approximate surface area is 117 Å². The van der Waals surface area contributed by atoms with Crippen molar-refractivity contribution in [1.82, 2.24) is 4.98 Å². The standard InChI is InChI=1S/C18H27N/c1-3-4-5-6-7-8-9-14-18-17-13-11-10-12-16(17)15(2)19-18/h10-13,19H,3-9,14H2,1-2H3. The molecular weight excluding hydrogens is 230 g/mol. The average molecular weight is 257 g/mol. The summed E-state index contributed by atoms with van der Waals surface area (Å²) in [6, 6.07) is 8.73. The Hall–Kier alpha value is -1.24. The third kappa shape index (κ3) is 3.86. The van der Waals surface area contributed by atoms with Gasteiger partial charge < -0.3 is 4.98 Å². The summed E-state index contributed by atoms with van der Waals surface area (Å²) in [5, 5.41) is 2.81.